The molecule has 2 aromatic heterocycles. The van der Waals surface area contributed by atoms with E-state index < -0.39 is 28.7 Å². The summed E-state index contributed by atoms with van der Waals surface area (Å²) in [5.41, 5.74) is 6.91. The molecule has 1 aliphatic carbocycles. The van der Waals surface area contributed by atoms with Gasteiger partial charge in [-0.05, 0) is 62.7 Å². The van der Waals surface area contributed by atoms with Gasteiger partial charge in [0.15, 0.2) is 11.2 Å². The van der Waals surface area contributed by atoms with Crippen LogP contribution < -0.4 is 21.4 Å². The summed E-state index contributed by atoms with van der Waals surface area (Å²) < 4.78 is 18.7. The third-order valence-corrected chi connectivity index (χ3v) is 9.38. The molecular weight excluding hydrogens is 560 g/mol. The molecule has 1 saturated heterocycles. The number of nitrogen functional groups attached to an aromatic ring is 1. The molecular formula is C34H38N4O6. The number of aromatic nitrogens is 1. The Labute approximate surface area is 255 Å². The van der Waals surface area contributed by atoms with Crippen molar-refractivity contribution in [3.63, 3.8) is 0 Å². The van der Waals surface area contributed by atoms with Crippen molar-refractivity contribution in [1.29, 1.82) is 0 Å². The van der Waals surface area contributed by atoms with Crippen LogP contribution >= 0.6 is 0 Å². The lowest BCUT2D eigenvalue weighted by molar-refractivity contribution is -0.182. The minimum absolute atomic E-state index is 0.0221. The number of nitrogens with zero attached hydrogens (tertiary/aromatic N) is 2. The van der Waals surface area contributed by atoms with E-state index in [1.807, 2.05) is 31.0 Å². The normalized spacial score (nSPS) is 24.7. The zero-order valence-corrected chi connectivity index (χ0v) is 25.5. The molecule has 4 heterocycles. The van der Waals surface area contributed by atoms with Crippen molar-refractivity contribution in [2.24, 2.45) is 5.92 Å². The molecule has 3 atom stereocenters. The van der Waals surface area contributed by atoms with Gasteiger partial charge in [-0.15, -0.1) is 0 Å². The third-order valence-electron chi connectivity index (χ3n) is 9.38. The van der Waals surface area contributed by atoms with Gasteiger partial charge in [0.05, 0.1) is 6.42 Å². The number of carbonyl (C=O) groups is 2. The second kappa shape index (κ2) is 11.2. The highest BCUT2D eigenvalue weighted by Crippen LogP contribution is 2.55. The molecule has 0 saturated carbocycles. The van der Waals surface area contributed by atoms with Crippen LogP contribution in [0.2, 0.25) is 0 Å². The van der Waals surface area contributed by atoms with Gasteiger partial charge in [0, 0.05) is 73.6 Å². The van der Waals surface area contributed by atoms with Gasteiger partial charge < -0.3 is 29.8 Å². The number of pyridine rings is 1. The average Bonchev–Trinajstić information content (AvgIpc) is 3.34. The number of hydrogen-bond acceptors (Lipinski definition) is 9. The zero-order chi connectivity index (χ0) is 31.2. The highest BCUT2D eigenvalue weighted by molar-refractivity contribution is 5.88. The van der Waals surface area contributed by atoms with Crippen LogP contribution in [0.4, 0.5) is 5.82 Å². The third kappa shape index (κ3) is 5.06. The fraction of sp³-hybridized carbons (Fsp3) is 0.412. The summed E-state index contributed by atoms with van der Waals surface area (Å²) in [6.07, 6.45) is 8.41. The molecule has 230 valence electrons. The summed E-state index contributed by atoms with van der Waals surface area (Å²) in [7, 11) is 1.91. The Morgan fingerprint density at radius 2 is 2.05 bits per heavy atom. The SMILES string of the molecule is C/C=C(\C)C(=O)O[C@]1(C)CC=C[C@H](c2cc(N)ncc2CC(=O)N2CC(CNC)C2)[C@]12Cc1cc3ccc(=O)oc3cc1O2. The maximum absolute atomic E-state index is 13.4. The summed E-state index contributed by atoms with van der Waals surface area (Å²) >= 11 is 0. The van der Waals surface area contributed by atoms with Crippen LogP contribution in [-0.4, -0.2) is 59.6 Å². The summed E-state index contributed by atoms with van der Waals surface area (Å²) in [4.78, 5) is 44.9. The Balaban J connectivity index is 1.43. The number of likely N-dealkylation sites (tertiary alicyclic amines) is 1. The first-order valence-corrected chi connectivity index (χ1v) is 15.0. The van der Waals surface area contributed by atoms with Crippen LogP contribution in [0.3, 0.4) is 0 Å². The Hall–Kier alpha value is -4.44. The fourth-order valence-electron chi connectivity index (χ4n) is 6.75. The monoisotopic (exact) mass is 598 g/mol. The predicted octanol–water partition coefficient (Wildman–Crippen LogP) is 3.68. The minimum Gasteiger partial charge on any atom is -0.481 e. The van der Waals surface area contributed by atoms with E-state index in [9.17, 15) is 14.4 Å². The summed E-state index contributed by atoms with van der Waals surface area (Å²) in [5, 5.41) is 3.94. The maximum atomic E-state index is 13.4. The molecule has 3 N–H and O–H groups in total. The molecule has 1 fully saturated rings. The van der Waals surface area contributed by atoms with Crippen molar-refractivity contribution in [2.45, 2.75) is 57.2 Å². The van der Waals surface area contributed by atoms with Crippen LogP contribution in [-0.2, 0) is 27.2 Å². The molecule has 0 unspecified atom stereocenters. The van der Waals surface area contributed by atoms with Gasteiger partial charge in [-0.2, -0.15) is 0 Å². The number of benzene rings is 1. The average molecular weight is 599 g/mol. The molecule has 6 rings (SSSR count). The smallest absolute Gasteiger partial charge is 0.336 e. The molecule has 1 aromatic carbocycles. The summed E-state index contributed by atoms with van der Waals surface area (Å²) in [5.74, 6) is 0.442. The number of esters is 1. The Morgan fingerprint density at radius 3 is 2.80 bits per heavy atom. The summed E-state index contributed by atoms with van der Waals surface area (Å²) in [6, 6.07) is 8.59. The van der Waals surface area contributed by atoms with Crippen molar-refractivity contribution >= 4 is 28.7 Å². The number of amides is 1. The van der Waals surface area contributed by atoms with Gasteiger partial charge in [-0.25, -0.2) is 14.6 Å². The number of nitrogens with two attached hydrogens (primary N) is 1. The number of allylic oxidation sites excluding steroid dienone is 1. The lowest BCUT2D eigenvalue weighted by Gasteiger charge is -2.50. The van der Waals surface area contributed by atoms with Crippen LogP contribution in [0.15, 0.2) is 69.5 Å². The van der Waals surface area contributed by atoms with Gasteiger partial charge in [0.2, 0.25) is 5.91 Å². The van der Waals surface area contributed by atoms with Gasteiger partial charge in [-0.3, -0.25) is 4.79 Å². The molecule has 0 bridgehead atoms. The quantitative estimate of drug-likeness (QED) is 0.181. The maximum Gasteiger partial charge on any atom is 0.336 e. The molecule has 2 aliphatic heterocycles. The molecule has 3 aromatic rings. The van der Waals surface area contributed by atoms with Crippen molar-refractivity contribution in [3.05, 3.63) is 87.4 Å². The number of rotatable bonds is 7. The van der Waals surface area contributed by atoms with Crippen molar-refractivity contribution in [2.75, 3.05) is 32.4 Å². The number of anilines is 1. The van der Waals surface area contributed by atoms with Crippen molar-refractivity contribution in [1.82, 2.24) is 15.2 Å². The van der Waals surface area contributed by atoms with Gasteiger partial charge in [-0.1, -0.05) is 18.2 Å². The second-order valence-corrected chi connectivity index (χ2v) is 12.3. The first kappa shape index (κ1) is 29.6. The lowest BCUT2D eigenvalue weighted by Crippen LogP contribution is -2.62. The van der Waals surface area contributed by atoms with E-state index in [2.05, 4.69) is 16.4 Å². The van der Waals surface area contributed by atoms with Gasteiger partial charge >= 0.3 is 11.6 Å². The number of carbonyl (C=O) groups excluding carboxylic acids is 2. The van der Waals surface area contributed by atoms with Crippen LogP contribution in [0.1, 0.15) is 49.8 Å². The van der Waals surface area contributed by atoms with E-state index >= 15 is 0 Å². The van der Waals surface area contributed by atoms with E-state index in [-0.39, 0.29) is 12.3 Å². The number of fused-ring (bicyclic) bond motifs is 2. The van der Waals surface area contributed by atoms with Crippen molar-refractivity contribution in [3.8, 4) is 5.75 Å². The lowest BCUT2D eigenvalue weighted by atomic mass is 9.64. The van der Waals surface area contributed by atoms with E-state index in [4.69, 9.17) is 19.6 Å². The zero-order valence-electron chi connectivity index (χ0n) is 25.5. The van der Waals surface area contributed by atoms with Crippen molar-refractivity contribution < 1.29 is 23.5 Å². The van der Waals surface area contributed by atoms with E-state index in [0.29, 0.717) is 54.6 Å². The standard InChI is InChI=1S/C34H38N4O6/c1-5-20(2)32(41)44-33(3)10-6-7-26(34(33)15-23-11-22-8-9-31(40)42-27(22)14-28(23)43-34)25-13-29(35)37-17-24(25)12-30(39)38-18-21(19-38)16-36-4/h5-9,11,13-14,17,21,26,36H,10,12,15-16,18-19H2,1-4H3,(H2,35,37)/b20-5+/t26-,33-,34-/m1/s1. The summed E-state index contributed by atoms with van der Waals surface area (Å²) in [6.45, 7) is 7.71. The molecule has 0 radical (unpaired) electrons. The first-order valence-electron chi connectivity index (χ1n) is 15.0. The number of ether oxygens (including phenoxy) is 2. The largest absolute Gasteiger partial charge is 0.481 e. The Kier molecular flexibility index (Phi) is 7.57. The molecule has 1 spiro atoms. The van der Waals surface area contributed by atoms with Crippen LogP contribution in [0.5, 0.6) is 5.75 Å². The van der Waals surface area contributed by atoms with E-state index in [0.717, 1.165) is 28.6 Å². The second-order valence-electron chi connectivity index (χ2n) is 12.3. The highest BCUT2D eigenvalue weighted by atomic mass is 16.6. The topological polar surface area (TPSA) is 137 Å². The Bertz CT molecular complexity index is 1760. The first-order chi connectivity index (χ1) is 21.1. The van der Waals surface area contributed by atoms with Gasteiger partial charge in [0.25, 0.3) is 0 Å². The van der Waals surface area contributed by atoms with E-state index in [1.165, 1.54) is 6.07 Å². The predicted molar refractivity (Wildman–Crippen MR) is 166 cm³/mol. The van der Waals surface area contributed by atoms with Crippen LogP contribution in [0.25, 0.3) is 11.0 Å². The minimum atomic E-state index is -1.11. The molecule has 10 nitrogen and oxygen atoms in total. The molecule has 1 amide bonds. The molecule has 3 aliphatic rings. The molecule has 10 heteroatoms. The fourth-order valence-corrected chi connectivity index (χ4v) is 6.75. The van der Waals surface area contributed by atoms with E-state index in [1.54, 1.807) is 44.3 Å². The molecule has 44 heavy (non-hydrogen) atoms. The number of nitrogens with one attached hydrogen (secondary N) is 1. The van der Waals surface area contributed by atoms with Gasteiger partial charge in [0.1, 0.15) is 17.2 Å². The highest BCUT2D eigenvalue weighted by Gasteiger charge is 2.62. The Morgan fingerprint density at radius 1 is 1.25 bits per heavy atom. The van der Waals surface area contributed by atoms with Crippen LogP contribution in [0, 0.1) is 5.92 Å². The number of hydrogen-bond donors (Lipinski definition) is 2.